The first-order valence-electron chi connectivity index (χ1n) is 8.55. The summed E-state index contributed by atoms with van der Waals surface area (Å²) in [6.07, 6.45) is 13.2. The monoisotopic (exact) mass is 283 g/mol. The normalized spacial score (nSPS) is 32.8. The molecule has 0 heterocycles. The van der Waals surface area contributed by atoms with Crippen molar-refractivity contribution in [3.05, 3.63) is 4.91 Å². The van der Waals surface area contributed by atoms with Crippen LogP contribution in [-0.4, -0.2) is 17.3 Å². The van der Waals surface area contributed by atoms with Crippen molar-refractivity contribution >= 4 is 0 Å². The number of unbranched alkanes of at least 4 members (excludes halogenated alkanes) is 1. The van der Waals surface area contributed by atoms with Crippen molar-refractivity contribution in [2.24, 2.45) is 10.6 Å². The lowest BCUT2D eigenvalue weighted by Crippen LogP contribution is -2.35. The van der Waals surface area contributed by atoms with Crippen LogP contribution in [0, 0.1) is 10.3 Å². The summed E-state index contributed by atoms with van der Waals surface area (Å²) in [5.74, 6) is 0. The van der Waals surface area contributed by atoms with Gasteiger partial charge in [-0.05, 0) is 37.5 Å². The van der Waals surface area contributed by atoms with Crippen LogP contribution in [0.1, 0.15) is 90.9 Å². The summed E-state index contributed by atoms with van der Waals surface area (Å²) in [7, 11) is 0. The predicted octanol–water partition coefficient (Wildman–Crippen LogP) is 5.20. The number of hydrogen-bond donors (Lipinski definition) is 1. The largest absolute Gasteiger partial charge is 0.396 e. The third kappa shape index (κ3) is 5.51. The second-order valence-corrected chi connectivity index (χ2v) is 7.15. The van der Waals surface area contributed by atoms with Crippen molar-refractivity contribution in [3.63, 3.8) is 0 Å². The van der Waals surface area contributed by atoms with Crippen LogP contribution in [-0.2, 0) is 0 Å². The molecule has 0 spiro atoms. The van der Waals surface area contributed by atoms with Crippen molar-refractivity contribution < 1.29 is 5.11 Å². The molecular weight excluding hydrogens is 250 g/mol. The molecule has 20 heavy (non-hydrogen) atoms. The fourth-order valence-electron chi connectivity index (χ4n) is 3.87. The molecule has 3 nitrogen and oxygen atoms in total. The van der Waals surface area contributed by atoms with Crippen molar-refractivity contribution in [1.82, 2.24) is 0 Å². The average molecular weight is 283 g/mol. The Bertz CT molecular complexity index is 282. The Hall–Kier alpha value is -0.440. The Morgan fingerprint density at radius 2 is 1.70 bits per heavy atom. The van der Waals surface area contributed by atoms with Crippen LogP contribution in [0.25, 0.3) is 0 Å². The number of rotatable bonds is 6. The van der Waals surface area contributed by atoms with E-state index in [0.717, 1.165) is 19.3 Å². The number of aliphatic hydroxyl groups excluding tert-OH is 1. The third-order valence-electron chi connectivity index (χ3n) is 5.08. The first kappa shape index (κ1) is 17.6. The molecule has 2 unspecified atom stereocenters. The van der Waals surface area contributed by atoms with E-state index in [1.807, 2.05) is 0 Å². The van der Waals surface area contributed by atoms with Gasteiger partial charge in [0, 0.05) is 6.61 Å². The lowest BCUT2D eigenvalue weighted by atomic mass is 9.68. The lowest BCUT2D eigenvalue weighted by Gasteiger charge is -2.38. The molecule has 0 aliphatic heterocycles. The number of hydrogen-bond acceptors (Lipinski definition) is 3. The van der Waals surface area contributed by atoms with E-state index in [1.54, 1.807) is 0 Å². The highest BCUT2D eigenvalue weighted by atomic mass is 16.3. The van der Waals surface area contributed by atoms with Gasteiger partial charge in [-0.1, -0.05) is 64.0 Å². The second-order valence-electron chi connectivity index (χ2n) is 7.15. The van der Waals surface area contributed by atoms with Crippen LogP contribution in [0.4, 0.5) is 0 Å². The minimum atomic E-state index is -0.519. The van der Waals surface area contributed by atoms with E-state index in [9.17, 15) is 10.0 Å². The lowest BCUT2D eigenvalue weighted by molar-refractivity contribution is 0.132. The predicted molar refractivity (Wildman–Crippen MR) is 84.8 cm³/mol. The minimum absolute atomic E-state index is 0.0790. The van der Waals surface area contributed by atoms with E-state index in [4.69, 9.17) is 0 Å². The zero-order valence-corrected chi connectivity index (χ0v) is 13.5. The zero-order valence-electron chi connectivity index (χ0n) is 13.5. The van der Waals surface area contributed by atoms with E-state index >= 15 is 0 Å². The van der Waals surface area contributed by atoms with Gasteiger partial charge in [-0.25, -0.2) is 0 Å². The summed E-state index contributed by atoms with van der Waals surface area (Å²) in [6.45, 7) is 4.64. The van der Waals surface area contributed by atoms with Crippen LogP contribution < -0.4 is 0 Å². The van der Waals surface area contributed by atoms with E-state index in [-0.39, 0.29) is 12.0 Å². The number of aliphatic hydroxyl groups is 1. The Morgan fingerprint density at radius 3 is 2.30 bits per heavy atom. The molecule has 3 heteroatoms. The first-order valence-corrected chi connectivity index (χ1v) is 8.55. The quantitative estimate of drug-likeness (QED) is 0.681. The average Bonchev–Trinajstić information content (AvgIpc) is 2.44. The Kier molecular flexibility index (Phi) is 7.71. The summed E-state index contributed by atoms with van der Waals surface area (Å²) >= 11 is 0. The van der Waals surface area contributed by atoms with Crippen LogP contribution in [0.3, 0.4) is 0 Å². The number of nitrogens with zero attached hydrogens (tertiary/aromatic N) is 1. The summed E-state index contributed by atoms with van der Waals surface area (Å²) in [5.41, 5.74) is -0.301. The molecular formula is C17H33NO2. The molecule has 1 aliphatic rings. The maximum Gasteiger partial charge on any atom is 0.105 e. The topological polar surface area (TPSA) is 49.7 Å². The van der Waals surface area contributed by atoms with Crippen molar-refractivity contribution in [2.75, 3.05) is 6.61 Å². The first-order chi connectivity index (χ1) is 9.60. The van der Waals surface area contributed by atoms with Crippen LogP contribution in [0.2, 0.25) is 0 Å². The van der Waals surface area contributed by atoms with E-state index < -0.39 is 5.54 Å². The van der Waals surface area contributed by atoms with Gasteiger partial charge in [-0.2, -0.15) is 4.91 Å². The smallest absolute Gasteiger partial charge is 0.105 e. The summed E-state index contributed by atoms with van der Waals surface area (Å²) in [6, 6.07) is 0. The molecule has 118 valence electrons. The Labute approximate surface area is 124 Å². The van der Waals surface area contributed by atoms with Gasteiger partial charge in [-0.15, -0.1) is 0 Å². The highest BCUT2D eigenvalue weighted by Gasteiger charge is 2.39. The molecule has 2 atom stereocenters. The van der Waals surface area contributed by atoms with Gasteiger partial charge >= 0.3 is 0 Å². The van der Waals surface area contributed by atoms with Gasteiger partial charge in [0.05, 0.1) is 0 Å². The standard InChI is InChI=1S/C17H33NO2/c1-3-4-10-16(2)11-8-6-5-7-9-12-17(15-16,18-20)13-14-19/h19H,3-15H2,1-2H3. The van der Waals surface area contributed by atoms with E-state index in [1.165, 1.54) is 51.4 Å². The summed E-state index contributed by atoms with van der Waals surface area (Å²) in [4.78, 5) is 11.5. The fourth-order valence-corrected chi connectivity index (χ4v) is 3.87. The van der Waals surface area contributed by atoms with Crippen molar-refractivity contribution in [2.45, 2.75) is 96.4 Å². The third-order valence-corrected chi connectivity index (χ3v) is 5.08. The molecule has 1 rings (SSSR count). The van der Waals surface area contributed by atoms with E-state index in [2.05, 4.69) is 19.0 Å². The fraction of sp³-hybridized carbons (Fsp3) is 1.00. The van der Waals surface area contributed by atoms with Gasteiger partial charge in [0.2, 0.25) is 0 Å². The molecule has 0 radical (unpaired) electrons. The SMILES string of the molecule is CCCCC1(C)CCCCCCCC(CCO)(N=O)C1. The molecule has 0 aromatic carbocycles. The van der Waals surface area contributed by atoms with Gasteiger partial charge < -0.3 is 5.11 Å². The van der Waals surface area contributed by atoms with Crippen LogP contribution in [0.5, 0.6) is 0 Å². The highest BCUT2D eigenvalue weighted by Crippen LogP contribution is 2.44. The Morgan fingerprint density at radius 1 is 1.05 bits per heavy atom. The van der Waals surface area contributed by atoms with Crippen LogP contribution >= 0.6 is 0 Å². The molecule has 1 aliphatic carbocycles. The van der Waals surface area contributed by atoms with Crippen molar-refractivity contribution in [3.8, 4) is 0 Å². The van der Waals surface area contributed by atoms with Crippen LogP contribution in [0.15, 0.2) is 5.18 Å². The molecule has 1 N–H and O–H groups in total. The molecule has 0 aromatic heterocycles. The summed E-state index contributed by atoms with van der Waals surface area (Å²) < 4.78 is 0. The molecule has 0 amide bonds. The van der Waals surface area contributed by atoms with Crippen molar-refractivity contribution in [1.29, 1.82) is 0 Å². The van der Waals surface area contributed by atoms with Gasteiger partial charge in [-0.3, -0.25) is 0 Å². The highest BCUT2D eigenvalue weighted by molar-refractivity contribution is 4.94. The maximum atomic E-state index is 11.5. The van der Waals surface area contributed by atoms with E-state index in [0.29, 0.717) is 6.42 Å². The molecule has 1 saturated carbocycles. The summed E-state index contributed by atoms with van der Waals surface area (Å²) in [5, 5.41) is 12.9. The minimum Gasteiger partial charge on any atom is -0.396 e. The molecule has 0 saturated heterocycles. The zero-order chi connectivity index (χ0) is 14.9. The van der Waals surface area contributed by atoms with Gasteiger partial charge in [0.25, 0.3) is 0 Å². The molecule has 0 aromatic rings. The van der Waals surface area contributed by atoms with Gasteiger partial charge in [0.15, 0.2) is 0 Å². The number of nitroso groups, excluding NO2 is 1. The molecule has 1 fully saturated rings. The Balaban J connectivity index is 2.85. The van der Waals surface area contributed by atoms with Gasteiger partial charge in [0.1, 0.15) is 5.54 Å². The second kappa shape index (κ2) is 8.76. The molecule has 0 bridgehead atoms. The maximum absolute atomic E-state index is 11.5.